The highest BCUT2D eigenvalue weighted by molar-refractivity contribution is 7.92. The fourth-order valence-electron chi connectivity index (χ4n) is 4.03. The lowest BCUT2D eigenvalue weighted by atomic mass is 10.1. The van der Waals surface area contributed by atoms with Crippen molar-refractivity contribution in [2.24, 2.45) is 0 Å². The Morgan fingerprint density at radius 2 is 1.53 bits per heavy atom. The van der Waals surface area contributed by atoms with Crippen molar-refractivity contribution in [3.8, 4) is 0 Å². The zero-order valence-corrected chi connectivity index (χ0v) is 23.9. The number of amides is 2. The summed E-state index contributed by atoms with van der Waals surface area (Å²) in [4.78, 5) is 28.2. The van der Waals surface area contributed by atoms with Crippen molar-refractivity contribution >= 4 is 39.1 Å². The molecule has 1 atom stereocenters. The second kappa shape index (κ2) is 12.5. The zero-order chi connectivity index (χ0) is 28.0. The van der Waals surface area contributed by atoms with E-state index in [9.17, 15) is 18.0 Å². The van der Waals surface area contributed by atoms with Gasteiger partial charge in [0.1, 0.15) is 12.6 Å². The first-order valence-corrected chi connectivity index (χ1v) is 14.2. The number of halogens is 1. The van der Waals surface area contributed by atoms with Crippen molar-refractivity contribution in [3.05, 3.63) is 94.0 Å². The molecule has 0 spiro atoms. The first-order chi connectivity index (χ1) is 17.9. The number of benzene rings is 3. The van der Waals surface area contributed by atoms with Gasteiger partial charge in [-0.2, -0.15) is 0 Å². The number of aryl methyl sites for hydroxylation is 3. The van der Waals surface area contributed by atoms with E-state index in [-0.39, 0.29) is 17.3 Å². The summed E-state index contributed by atoms with van der Waals surface area (Å²) in [5.41, 5.74) is 3.66. The number of carbonyl (C=O) groups is 2. The molecule has 9 heteroatoms. The molecule has 0 bridgehead atoms. The fourth-order valence-corrected chi connectivity index (χ4v) is 5.63. The van der Waals surface area contributed by atoms with Crippen LogP contribution in [0.5, 0.6) is 0 Å². The lowest BCUT2D eigenvalue weighted by molar-refractivity contribution is -0.139. The molecule has 0 aromatic heterocycles. The summed E-state index contributed by atoms with van der Waals surface area (Å²) in [7, 11) is -4.11. The number of anilines is 1. The lowest BCUT2D eigenvalue weighted by Gasteiger charge is -2.32. The van der Waals surface area contributed by atoms with E-state index < -0.39 is 28.5 Å². The first-order valence-electron chi connectivity index (χ1n) is 12.4. The van der Waals surface area contributed by atoms with E-state index in [1.807, 2.05) is 26.0 Å². The van der Waals surface area contributed by atoms with Gasteiger partial charge in [0.25, 0.3) is 10.0 Å². The third-order valence-electron chi connectivity index (χ3n) is 6.31. The molecule has 1 N–H and O–H groups in total. The predicted molar refractivity (Wildman–Crippen MR) is 152 cm³/mol. The number of sulfonamides is 1. The first kappa shape index (κ1) is 29.2. The van der Waals surface area contributed by atoms with E-state index in [4.69, 9.17) is 11.6 Å². The molecule has 0 aliphatic rings. The normalized spacial score (nSPS) is 12.1. The van der Waals surface area contributed by atoms with Crippen molar-refractivity contribution in [3.63, 3.8) is 0 Å². The van der Waals surface area contributed by atoms with Gasteiger partial charge < -0.3 is 10.2 Å². The molecular formula is C29H34ClN3O4S. The van der Waals surface area contributed by atoms with Crippen LogP contribution in [0.2, 0.25) is 5.02 Å². The summed E-state index contributed by atoms with van der Waals surface area (Å²) in [5.74, 6) is -0.829. The number of hydrogen-bond acceptors (Lipinski definition) is 4. The molecule has 202 valence electrons. The summed E-state index contributed by atoms with van der Waals surface area (Å²) >= 11 is 6.03. The van der Waals surface area contributed by atoms with Crippen LogP contribution in [0.25, 0.3) is 0 Å². The zero-order valence-electron chi connectivity index (χ0n) is 22.4. The highest BCUT2D eigenvalue weighted by atomic mass is 35.5. The van der Waals surface area contributed by atoms with Crippen molar-refractivity contribution in [2.45, 2.75) is 52.1 Å². The van der Waals surface area contributed by atoms with Gasteiger partial charge in [0.2, 0.25) is 11.8 Å². The van der Waals surface area contributed by atoms with Crippen LogP contribution in [-0.4, -0.2) is 44.3 Å². The van der Waals surface area contributed by atoms with Gasteiger partial charge in [-0.25, -0.2) is 8.42 Å². The van der Waals surface area contributed by atoms with Crippen LogP contribution >= 0.6 is 11.6 Å². The minimum atomic E-state index is -4.11. The fraction of sp³-hybridized carbons (Fsp3) is 0.310. The largest absolute Gasteiger partial charge is 0.355 e. The molecule has 0 aliphatic heterocycles. The summed E-state index contributed by atoms with van der Waals surface area (Å²) in [6.45, 7) is 9.02. The smallest absolute Gasteiger partial charge is 0.264 e. The van der Waals surface area contributed by atoms with Crippen LogP contribution in [0, 0.1) is 20.8 Å². The second-order valence-corrected chi connectivity index (χ2v) is 11.6. The Morgan fingerprint density at radius 1 is 0.921 bits per heavy atom. The van der Waals surface area contributed by atoms with Crippen molar-refractivity contribution in [2.75, 3.05) is 17.4 Å². The lowest BCUT2D eigenvalue weighted by Crippen LogP contribution is -2.51. The highest BCUT2D eigenvalue weighted by Gasteiger charge is 2.33. The molecule has 38 heavy (non-hydrogen) atoms. The highest BCUT2D eigenvalue weighted by Crippen LogP contribution is 2.28. The number of likely N-dealkylation sites (N-methyl/N-ethyl adjacent to an activating group) is 1. The molecule has 0 heterocycles. The minimum Gasteiger partial charge on any atom is -0.355 e. The van der Waals surface area contributed by atoms with Gasteiger partial charge in [-0.3, -0.25) is 13.9 Å². The predicted octanol–water partition coefficient (Wildman–Crippen LogP) is 5.01. The molecule has 0 saturated heterocycles. The molecular weight excluding hydrogens is 522 g/mol. The molecule has 0 aliphatic carbocycles. The second-order valence-electron chi connectivity index (χ2n) is 9.33. The van der Waals surface area contributed by atoms with E-state index >= 15 is 0 Å². The number of hydrogen-bond donors (Lipinski definition) is 1. The Labute approximate surface area is 230 Å². The SMILES string of the molecule is CCNC(=O)[C@H](C)N(Cc1ccc(Cl)cc1)C(=O)CN(c1cc(C)ccc1C)S(=O)(=O)c1ccc(C)cc1. The van der Waals surface area contributed by atoms with Crippen molar-refractivity contribution in [1.82, 2.24) is 10.2 Å². The average molecular weight is 556 g/mol. The maximum atomic E-state index is 13.9. The van der Waals surface area contributed by atoms with Crippen LogP contribution in [0.1, 0.15) is 36.1 Å². The Bertz CT molecular complexity index is 1390. The molecule has 0 unspecified atom stereocenters. The van der Waals surface area contributed by atoms with Crippen LogP contribution in [-0.2, 0) is 26.2 Å². The van der Waals surface area contributed by atoms with Crippen LogP contribution < -0.4 is 9.62 Å². The van der Waals surface area contributed by atoms with E-state index in [0.29, 0.717) is 22.8 Å². The number of rotatable bonds is 10. The number of carbonyl (C=O) groups excluding carboxylic acids is 2. The Kier molecular flexibility index (Phi) is 9.57. The minimum absolute atomic E-state index is 0.0813. The van der Waals surface area contributed by atoms with E-state index in [2.05, 4.69) is 5.32 Å². The topological polar surface area (TPSA) is 86.8 Å². The third kappa shape index (κ3) is 6.94. The quantitative estimate of drug-likeness (QED) is 0.381. The van der Waals surface area contributed by atoms with Crippen molar-refractivity contribution < 1.29 is 18.0 Å². The van der Waals surface area contributed by atoms with Crippen LogP contribution in [0.15, 0.2) is 71.6 Å². The van der Waals surface area contributed by atoms with Crippen LogP contribution in [0.4, 0.5) is 5.69 Å². The molecule has 3 aromatic carbocycles. The molecule has 7 nitrogen and oxygen atoms in total. The van der Waals surface area contributed by atoms with Gasteiger partial charge in [0, 0.05) is 18.1 Å². The van der Waals surface area contributed by atoms with E-state index in [1.165, 1.54) is 17.0 Å². The average Bonchev–Trinajstić information content (AvgIpc) is 2.88. The van der Waals surface area contributed by atoms with Crippen LogP contribution in [0.3, 0.4) is 0 Å². The summed E-state index contributed by atoms with van der Waals surface area (Å²) in [6.07, 6.45) is 0. The molecule has 3 aromatic rings. The monoisotopic (exact) mass is 555 g/mol. The van der Waals surface area contributed by atoms with Gasteiger partial charge >= 0.3 is 0 Å². The molecule has 2 amide bonds. The molecule has 0 radical (unpaired) electrons. The van der Waals surface area contributed by atoms with E-state index in [0.717, 1.165) is 21.0 Å². The maximum absolute atomic E-state index is 13.9. The van der Waals surface area contributed by atoms with Gasteiger partial charge in [0.05, 0.1) is 10.6 Å². The standard InChI is InChI=1S/C29H34ClN3O4S/c1-6-31-29(35)23(5)32(18-24-11-13-25(30)14-12-24)28(34)19-33(27-17-21(3)7-10-22(27)4)38(36,37)26-15-8-20(2)9-16-26/h7-17,23H,6,18-19H2,1-5H3,(H,31,35)/t23-/m0/s1. The van der Waals surface area contributed by atoms with E-state index in [1.54, 1.807) is 63.2 Å². The van der Waals surface area contributed by atoms with Gasteiger partial charge in [-0.15, -0.1) is 0 Å². The summed E-state index contributed by atoms with van der Waals surface area (Å²) in [6, 6.07) is 18.1. The molecule has 0 saturated carbocycles. The maximum Gasteiger partial charge on any atom is 0.264 e. The Morgan fingerprint density at radius 3 is 2.13 bits per heavy atom. The summed E-state index contributed by atoms with van der Waals surface area (Å²) < 4.78 is 29.0. The van der Waals surface area contributed by atoms with Gasteiger partial charge in [0.15, 0.2) is 0 Å². The molecule has 3 rings (SSSR count). The van der Waals surface area contributed by atoms with Crippen molar-refractivity contribution in [1.29, 1.82) is 0 Å². The van der Waals surface area contributed by atoms with Gasteiger partial charge in [-0.05, 0) is 81.6 Å². The Balaban J connectivity index is 2.07. The third-order valence-corrected chi connectivity index (χ3v) is 8.33. The summed E-state index contributed by atoms with van der Waals surface area (Å²) in [5, 5.41) is 3.30. The number of nitrogens with zero attached hydrogens (tertiary/aromatic N) is 2. The number of nitrogens with one attached hydrogen (secondary N) is 1. The molecule has 0 fully saturated rings. The Hall–Kier alpha value is -3.36. The van der Waals surface area contributed by atoms with Gasteiger partial charge in [-0.1, -0.05) is 53.6 Å².